The summed E-state index contributed by atoms with van der Waals surface area (Å²) in [5.41, 5.74) is 0. The number of hydrogen-bond acceptors (Lipinski definition) is 4. The second kappa shape index (κ2) is 5.68. The third-order valence-electron chi connectivity index (χ3n) is 0.748. The van der Waals surface area contributed by atoms with E-state index in [1.165, 1.54) is 0 Å². The maximum atomic E-state index is 10.7. The molecule has 2 nitrogen and oxygen atoms in total. The van der Waals surface area contributed by atoms with Crippen molar-refractivity contribution in [2.24, 2.45) is 0 Å². The second-order valence-electron chi connectivity index (χ2n) is 1.51. The highest BCUT2D eigenvalue weighted by Crippen LogP contribution is 2.08. The van der Waals surface area contributed by atoms with E-state index in [9.17, 15) is 4.79 Å². The highest BCUT2D eigenvalue weighted by atomic mass is 32.2. The molecule has 0 amide bonds. The molecule has 4 heteroatoms. The predicted octanol–water partition coefficient (Wildman–Crippen LogP) is 1.98. The number of carbonyl (C=O) groups is 1. The molecule has 0 unspecified atom stereocenters. The normalized spacial score (nSPS) is 9.00. The quantitative estimate of drug-likeness (QED) is 0.604. The zero-order valence-corrected chi connectivity index (χ0v) is 7.68. The summed E-state index contributed by atoms with van der Waals surface area (Å²) < 4.78 is 5.22. The van der Waals surface area contributed by atoms with Crippen molar-refractivity contribution in [2.45, 2.75) is 20.3 Å². The molecule has 0 aliphatic heterocycles. The first-order valence-electron chi connectivity index (χ1n) is 3.08. The highest BCUT2D eigenvalue weighted by Gasteiger charge is 2.03. The largest absolute Gasteiger partial charge is 0.479 e. The molecule has 0 N–H and O–H groups in total. The lowest BCUT2D eigenvalue weighted by atomic mass is 10.6. The van der Waals surface area contributed by atoms with Gasteiger partial charge in [0.15, 0.2) is 5.12 Å². The monoisotopic (exact) mass is 178 g/mol. The van der Waals surface area contributed by atoms with Gasteiger partial charge >= 0.3 is 0 Å². The maximum absolute atomic E-state index is 10.7. The SMILES string of the molecule is CCOC(=S)SC(=O)CC. The Labute approximate surface area is 70.3 Å². The van der Waals surface area contributed by atoms with Gasteiger partial charge in [0.05, 0.1) is 6.61 Å². The number of thiocarbonyl (C=S) groups is 1. The van der Waals surface area contributed by atoms with Gasteiger partial charge in [0.25, 0.3) is 0 Å². The summed E-state index contributed by atoms with van der Waals surface area (Å²) in [6, 6.07) is 0. The van der Waals surface area contributed by atoms with Crippen LogP contribution in [0.1, 0.15) is 20.3 Å². The van der Waals surface area contributed by atoms with E-state index < -0.39 is 0 Å². The minimum absolute atomic E-state index is 0.0541. The van der Waals surface area contributed by atoms with E-state index in [2.05, 4.69) is 0 Å². The van der Waals surface area contributed by atoms with E-state index in [0.717, 1.165) is 11.8 Å². The lowest BCUT2D eigenvalue weighted by molar-refractivity contribution is -0.110. The first kappa shape index (κ1) is 9.91. The molecule has 0 bridgehead atoms. The molecule has 0 saturated carbocycles. The molecule has 58 valence electrons. The van der Waals surface area contributed by atoms with Crippen LogP contribution in [0.15, 0.2) is 0 Å². The molecule has 0 aromatic carbocycles. The van der Waals surface area contributed by atoms with E-state index in [0.29, 0.717) is 17.4 Å². The van der Waals surface area contributed by atoms with Crippen molar-refractivity contribution in [3.63, 3.8) is 0 Å². The molecule has 0 fully saturated rings. The first-order chi connectivity index (χ1) is 4.70. The standard InChI is InChI=1S/C6H10O2S2/c1-3-5(7)10-6(9)8-4-2/h3-4H2,1-2H3. The minimum Gasteiger partial charge on any atom is -0.479 e. The van der Waals surface area contributed by atoms with Gasteiger partial charge < -0.3 is 4.74 Å². The third kappa shape index (κ3) is 4.76. The Balaban J connectivity index is 3.47. The minimum atomic E-state index is 0.0541. The Morgan fingerprint density at radius 2 is 2.20 bits per heavy atom. The molecule has 0 heterocycles. The lowest BCUT2D eigenvalue weighted by Gasteiger charge is -2.00. The number of thioether (sulfide) groups is 1. The Morgan fingerprint density at radius 3 is 2.60 bits per heavy atom. The van der Waals surface area contributed by atoms with Crippen LogP contribution in [0.25, 0.3) is 0 Å². The van der Waals surface area contributed by atoms with Crippen LogP contribution in [0, 0.1) is 0 Å². The van der Waals surface area contributed by atoms with Crippen LogP contribution in [0.3, 0.4) is 0 Å². The Morgan fingerprint density at radius 1 is 1.60 bits per heavy atom. The molecule has 0 spiro atoms. The van der Waals surface area contributed by atoms with Gasteiger partial charge in [-0.15, -0.1) is 0 Å². The summed E-state index contributed by atoms with van der Waals surface area (Å²) >= 11 is 5.71. The molecule has 0 atom stereocenters. The highest BCUT2D eigenvalue weighted by molar-refractivity contribution is 8.32. The fourth-order valence-corrected chi connectivity index (χ4v) is 1.22. The van der Waals surface area contributed by atoms with Crippen LogP contribution in [-0.2, 0) is 9.53 Å². The first-order valence-corrected chi connectivity index (χ1v) is 4.30. The molecule has 0 aliphatic carbocycles. The number of ether oxygens (including phenoxy) is 1. The average molecular weight is 178 g/mol. The van der Waals surface area contributed by atoms with Gasteiger partial charge in [-0.2, -0.15) is 0 Å². The van der Waals surface area contributed by atoms with Crippen molar-refractivity contribution >= 4 is 33.5 Å². The number of hydrogen-bond donors (Lipinski definition) is 0. The van der Waals surface area contributed by atoms with Crippen LogP contribution in [0.4, 0.5) is 0 Å². The van der Waals surface area contributed by atoms with Crippen molar-refractivity contribution in [3.05, 3.63) is 0 Å². The van der Waals surface area contributed by atoms with Crippen molar-refractivity contribution in [1.29, 1.82) is 0 Å². The number of rotatable bonds is 2. The van der Waals surface area contributed by atoms with Gasteiger partial charge in [0.1, 0.15) is 0 Å². The molecular formula is C6H10O2S2. The van der Waals surface area contributed by atoms with Crippen LogP contribution < -0.4 is 0 Å². The Hall–Kier alpha value is -0.0900. The topological polar surface area (TPSA) is 26.3 Å². The van der Waals surface area contributed by atoms with E-state index in [1.807, 2.05) is 6.92 Å². The molecule has 10 heavy (non-hydrogen) atoms. The smallest absolute Gasteiger partial charge is 0.227 e. The molecule has 0 aliphatic rings. The Bertz CT molecular complexity index is 134. The fourth-order valence-electron chi connectivity index (χ4n) is 0.312. The predicted molar refractivity (Wildman–Crippen MR) is 47.1 cm³/mol. The van der Waals surface area contributed by atoms with Crippen LogP contribution in [0.2, 0.25) is 0 Å². The second-order valence-corrected chi connectivity index (χ2v) is 3.17. The van der Waals surface area contributed by atoms with Gasteiger partial charge in [-0.1, -0.05) is 6.92 Å². The van der Waals surface area contributed by atoms with Gasteiger partial charge in [-0.3, -0.25) is 4.79 Å². The van der Waals surface area contributed by atoms with Crippen LogP contribution in [-0.4, -0.2) is 16.1 Å². The molecule has 0 saturated heterocycles. The molecule has 0 radical (unpaired) electrons. The summed E-state index contributed by atoms with van der Waals surface area (Å²) in [6.07, 6.45) is 0.498. The summed E-state index contributed by atoms with van der Waals surface area (Å²) in [5.74, 6) is 0. The fraction of sp³-hybridized carbons (Fsp3) is 0.667. The van der Waals surface area contributed by atoms with E-state index in [1.54, 1.807) is 6.92 Å². The third-order valence-corrected chi connectivity index (χ3v) is 1.92. The molecule has 0 rings (SSSR count). The zero-order valence-electron chi connectivity index (χ0n) is 6.05. The van der Waals surface area contributed by atoms with Gasteiger partial charge in [-0.25, -0.2) is 0 Å². The van der Waals surface area contributed by atoms with E-state index >= 15 is 0 Å². The maximum Gasteiger partial charge on any atom is 0.227 e. The summed E-state index contributed by atoms with van der Waals surface area (Å²) in [4.78, 5) is 10.7. The number of carbonyl (C=O) groups excluding carboxylic acids is 1. The lowest BCUT2D eigenvalue weighted by Crippen LogP contribution is -2.00. The molecule has 0 aromatic heterocycles. The van der Waals surface area contributed by atoms with Crippen molar-refractivity contribution in [3.8, 4) is 0 Å². The Kier molecular flexibility index (Phi) is 5.63. The van der Waals surface area contributed by atoms with Crippen LogP contribution in [0.5, 0.6) is 0 Å². The van der Waals surface area contributed by atoms with E-state index in [-0.39, 0.29) is 5.12 Å². The summed E-state index contributed by atoms with van der Waals surface area (Å²) in [7, 11) is 0. The molecule has 0 aromatic rings. The zero-order chi connectivity index (χ0) is 7.98. The van der Waals surface area contributed by atoms with Crippen molar-refractivity contribution in [1.82, 2.24) is 0 Å². The van der Waals surface area contributed by atoms with Crippen LogP contribution >= 0.6 is 24.0 Å². The van der Waals surface area contributed by atoms with E-state index in [4.69, 9.17) is 17.0 Å². The summed E-state index contributed by atoms with van der Waals surface area (Å²) in [6.45, 7) is 4.16. The van der Waals surface area contributed by atoms with Crippen molar-refractivity contribution in [2.75, 3.05) is 6.61 Å². The average Bonchev–Trinajstić information content (AvgIpc) is 1.88. The van der Waals surface area contributed by atoms with Gasteiger partial charge in [0.2, 0.25) is 4.38 Å². The summed E-state index contributed by atoms with van der Waals surface area (Å²) in [5, 5.41) is 0.0541. The molecular weight excluding hydrogens is 168 g/mol. The van der Waals surface area contributed by atoms with Gasteiger partial charge in [-0.05, 0) is 30.9 Å². The van der Waals surface area contributed by atoms with Crippen molar-refractivity contribution < 1.29 is 9.53 Å². The van der Waals surface area contributed by atoms with Gasteiger partial charge in [0, 0.05) is 6.42 Å².